The van der Waals surface area contributed by atoms with E-state index in [9.17, 15) is 23.2 Å². The third-order valence-electron chi connectivity index (χ3n) is 8.50. The second-order valence-electron chi connectivity index (χ2n) is 12.0. The second kappa shape index (κ2) is 16.5. The molecule has 0 unspecified atom stereocenters. The van der Waals surface area contributed by atoms with Crippen molar-refractivity contribution < 1.29 is 28.3 Å². The molecule has 0 radical (unpaired) electrons. The minimum Gasteiger partial charge on any atom is -0.477 e. The van der Waals surface area contributed by atoms with Crippen LogP contribution < -0.4 is 19.8 Å². The van der Waals surface area contributed by atoms with E-state index >= 15 is 0 Å². The molecule has 0 atom stereocenters. The minimum absolute atomic E-state index is 0.0868. The third-order valence-corrected chi connectivity index (χ3v) is 9.65. The number of urea groups is 1. The Labute approximate surface area is 289 Å². The summed E-state index contributed by atoms with van der Waals surface area (Å²) >= 11 is 1.58. The molecule has 1 fully saturated rings. The molecule has 0 aromatic heterocycles. The van der Waals surface area contributed by atoms with Gasteiger partial charge in [0.05, 0.1) is 13.1 Å². The molecule has 11 heteroatoms. The summed E-state index contributed by atoms with van der Waals surface area (Å²) in [6.07, 6.45) is 6.02. The van der Waals surface area contributed by atoms with Gasteiger partial charge in [0, 0.05) is 34.1 Å². The summed E-state index contributed by atoms with van der Waals surface area (Å²) in [5.74, 6) is -6.70. The van der Waals surface area contributed by atoms with E-state index in [-0.39, 0.29) is 18.1 Å². The number of carboxylic acid groups (broad SMARTS) is 1. The Balaban J connectivity index is 1.33. The highest BCUT2D eigenvalue weighted by molar-refractivity contribution is 8.00. The predicted molar refractivity (Wildman–Crippen MR) is 191 cm³/mol. The summed E-state index contributed by atoms with van der Waals surface area (Å²) in [5.41, 5.74) is 4.45. The highest BCUT2D eigenvalue weighted by atomic mass is 32.2. The summed E-state index contributed by atoms with van der Waals surface area (Å²) in [4.78, 5) is 39.6. The number of carboxylic acids is 1. The lowest BCUT2D eigenvalue weighted by Crippen LogP contribution is -2.42. The lowest BCUT2D eigenvalue weighted by atomic mass is 9.84. The molecule has 1 aliphatic rings. The summed E-state index contributed by atoms with van der Waals surface area (Å²) in [6, 6.07) is 31.7. The van der Waals surface area contributed by atoms with E-state index in [1.165, 1.54) is 37.0 Å². The number of nitrogens with one attached hydrogen (secondary N) is 2. The number of nitrogens with zero attached hydrogens (tertiary/aromatic N) is 2. The fourth-order valence-corrected chi connectivity index (χ4v) is 6.73. The van der Waals surface area contributed by atoms with Crippen molar-refractivity contribution >= 4 is 46.9 Å². The smallest absolute Gasteiger partial charge is 0.376 e. The topological polar surface area (TPSA) is 102 Å². The van der Waals surface area contributed by atoms with Gasteiger partial charge in [-0.3, -0.25) is 9.69 Å². The molecule has 0 saturated heterocycles. The minimum atomic E-state index is -4.08. The molecule has 4 aromatic rings. The number of hydrogen-bond acceptors (Lipinski definition) is 5. The molecule has 5 rings (SSSR count). The third kappa shape index (κ3) is 9.60. The lowest BCUT2D eigenvalue weighted by Gasteiger charge is -2.26. The van der Waals surface area contributed by atoms with Gasteiger partial charge in [-0.05, 0) is 103 Å². The van der Waals surface area contributed by atoms with E-state index in [2.05, 4.69) is 40.8 Å². The van der Waals surface area contributed by atoms with Gasteiger partial charge in [0.1, 0.15) is 0 Å². The SMILES string of the molecule is CCN(Sc1cccc(NC(=O)N(Cc2ccc(C(=O)NCC(F)(F)C(=O)O)cc2)c2ccc(C3CCCCC3)cc2)c1)c1ccccc1. The number of benzene rings is 4. The number of anilines is 3. The van der Waals surface area contributed by atoms with Gasteiger partial charge in [-0.2, -0.15) is 8.78 Å². The molecule has 1 aliphatic carbocycles. The molecule has 0 aliphatic heterocycles. The number of carbonyl (C=O) groups is 3. The number of para-hydroxylation sites is 1. The van der Waals surface area contributed by atoms with Crippen LogP contribution in [0.3, 0.4) is 0 Å². The Hall–Kier alpha value is -4.90. The zero-order chi connectivity index (χ0) is 34.8. The highest BCUT2D eigenvalue weighted by Crippen LogP contribution is 2.34. The second-order valence-corrected chi connectivity index (χ2v) is 13.1. The number of hydrogen-bond donors (Lipinski definition) is 3. The number of amides is 3. The number of aliphatic carboxylic acids is 1. The Bertz CT molecular complexity index is 1720. The van der Waals surface area contributed by atoms with Gasteiger partial charge in [0.2, 0.25) is 0 Å². The zero-order valence-electron chi connectivity index (χ0n) is 27.3. The summed E-state index contributed by atoms with van der Waals surface area (Å²) in [5, 5.41) is 13.6. The van der Waals surface area contributed by atoms with E-state index in [0.717, 1.165) is 30.0 Å². The van der Waals surface area contributed by atoms with E-state index in [4.69, 9.17) is 5.11 Å². The molecule has 0 bridgehead atoms. The fourth-order valence-electron chi connectivity index (χ4n) is 5.80. The van der Waals surface area contributed by atoms with Crippen LogP contribution in [0.5, 0.6) is 0 Å². The average molecular weight is 687 g/mol. The van der Waals surface area contributed by atoms with Crippen molar-refractivity contribution in [2.75, 3.05) is 27.6 Å². The Morgan fingerprint density at radius 3 is 2.20 bits per heavy atom. The largest absolute Gasteiger partial charge is 0.477 e. The normalized spacial score (nSPS) is 13.4. The van der Waals surface area contributed by atoms with Crippen LogP contribution in [0.2, 0.25) is 0 Å². The van der Waals surface area contributed by atoms with Crippen molar-refractivity contribution in [2.45, 2.75) is 62.3 Å². The molecule has 0 spiro atoms. The van der Waals surface area contributed by atoms with Crippen molar-refractivity contribution in [1.82, 2.24) is 5.32 Å². The van der Waals surface area contributed by atoms with Crippen LogP contribution in [-0.4, -0.2) is 42.0 Å². The standard InChI is InChI=1S/C38H40F2N4O4S/c1-2-44(33-13-7-4-8-14-33)49-34-15-9-12-31(24-34)42-37(48)43(32-22-20-29(21-23-32)28-10-5-3-6-11-28)25-27-16-18-30(19-17-27)35(45)41-26-38(39,40)36(46)47/h4,7-9,12-24,28H,2-3,5-6,10-11,25-26H2,1H3,(H,41,45)(H,42,48)(H,46,47). The lowest BCUT2D eigenvalue weighted by molar-refractivity contribution is -0.163. The van der Waals surface area contributed by atoms with Crippen molar-refractivity contribution in [3.63, 3.8) is 0 Å². The summed E-state index contributed by atoms with van der Waals surface area (Å²) < 4.78 is 29.1. The number of alkyl halides is 2. The van der Waals surface area contributed by atoms with E-state index in [0.29, 0.717) is 22.9 Å². The van der Waals surface area contributed by atoms with E-state index < -0.39 is 24.3 Å². The number of halogens is 2. The molecule has 8 nitrogen and oxygen atoms in total. The van der Waals surface area contributed by atoms with Gasteiger partial charge in [0.25, 0.3) is 5.91 Å². The van der Waals surface area contributed by atoms with Gasteiger partial charge in [-0.25, -0.2) is 9.59 Å². The van der Waals surface area contributed by atoms with Crippen LogP contribution in [0.15, 0.2) is 108 Å². The van der Waals surface area contributed by atoms with E-state index in [1.54, 1.807) is 29.0 Å². The van der Waals surface area contributed by atoms with Gasteiger partial charge in [-0.1, -0.05) is 67.8 Å². The highest BCUT2D eigenvalue weighted by Gasteiger charge is 2.39. The molecular formula is C38H40F2N4O4S. The molecule has 4 aromatic carbocycles. The maximum absolute atomic E-state index is 13.9. The Morgan fingerprint density at radius 2 is 1.55 bits per heavy atom. The number of rotatable bonds is 13. The molecule has 0 heterocycles. The average Bonchev–Trinajstić information content (AvgIpc) is 3.13. The van der Waals surface area contributed by atoms with Crippen LogP contribution >= 0.6 is 11.9 Å². The summed E-state index contributed by atoms with van der Waals surface area (Å²) in [6.45, 7) is 1.71. The molecule has 256 valence electrons. The van der Waals surface area contributed by atoms with Gasteiger partial charge < -0.3 is 20.0 Å². The maximum Gasteiger partial charge on any atom is 0.376 e. The first kappa shape index (κ1) is 35.4. The molecule has 3 N–H and O–H groups in total. The monoisotopic (exact) mass is 686 g/mol. The molecule has 3 amide bonds. The van der Waals surface area contributed by atoms with Crippen LogP contribution in [0.1, 0.15) is 66.4 Å². The van der Waals surface area contributed by atoms with Gasteiger partial charge in [-0.15, -0.1) is 0 Å². The van der Waals surface area contributed by atoms with E-state index in [1.807, 2.05) is 59.9 Å². The predicted octanol–water partition coefficient (Wildman–Crippen LogP) is 8.96. The first-order valence-corrected chi connectivity index (χ1v) is 17.2. The van der Waals surface area contributed by atoms with Crippen LogP contribution in [0.25, 0.3) is 0 Å². The number of carbonyl (C=O) groups excluding carboxylic acids is 2. The van der Waals surface area contributed by atoms with Crippen molar-refractivity contribution in [2.24, 2.45) is 0 Å². The van der Waals surface area contributed by atoms with Crippen LogP contribution in [-0.2, 0) is 11.3 Å². The zero-order valence-corrected chi connectivity index (χ0v) is 28.1. The first-order chi connectivity index (χ1) is 23.6. The summed E-state index contributed by atoms with van der Waals surface area (Å²) in [7, 11) is 0. The van der Waals surface area contributed by atoms with Gasteiger partial charge in [0.15, 0.2) is 0 Å². The van der Waals surface area contributed by atoms with Crippen molar-refractivity contribution in [3.05, 3.63) is 120 Å². The van der Waals surface area contributed by atoms with Crippen molar-refractivity contribution in [1.29, 1.82) is 0 Å². The fraction of sp³-hybridized carbons (Fsp3) is 0.289. The Kier molecular flexibility index (Phi) is 11.9. The maximum atomic E-state index is 13.9. The van der Waals surface area contributed by atoms with Crippen molar-refractivity contribution in [3.8, 4) is 0 Å². The van der Waals surface area contributed by atoms with Crippen LogP contribution in [0, 0.1) is 0 Å². The Morgan fingerprint density at radius 1 is 0.857 bits per heavy atom. The van der Waals surface area contributed by atoms with Gasteiger partial charge >= 0.3 is 17.9 Å². The first-order valence-electron chi connectivity index (χ1n) is 16.4. The van der Waals surface area contributed by atoms with Crippen LogP contribution in [0.4, 0.5) is 30.6 Å². The quantitative estimate of drug-likeness (QED) is 0.121. The molecular weight excluding hydrogens is 647 g/mol. The molecule has 1 saturated carbocycles. The molecule has 49 heavy (non-hydrogen) atoms.